The number of carbonyl (C=O) groups excluding carboxylic acids is 1. The first-order valence-corrected chi connectivity index (χ1v) is 9.22. The van der Waals surface area contributed by atoms with Gasteiger partial charge in [0.05, 0.1) is 0 Å². The number of aryl methyl sites for hydroxylation is 1. The van der Waals surface area contributed by atoms with E-state index < -0.39 is 0 Å². The van der Waals surface area contributed by atoms with Crippen LogP contribution < -0.4 is 5.32 Å². The Kier molecular flexibility index (Phi) is 4.70. The van der Waals surface area contributed by atoms with E-state index in [0.717, 1.165) is 11.1 Å². The van der Waals surface area contributed by atoms with Crippen molar-refractivity contribution in [2.45, 2.75) is 6.92 Å². The van der Waals surface area contributed by atoms with Crippen LogP contribution in [0.5, 0.6) is 0 Å². The minimum atomic E-state index is -0.365. The zero-order valence-corrected chi connectivity index (χ0v) is 15.7. The zero-order valence-electron chi connectivity index (χ0n) is 14.1. The highest BCUT2D eigenvalue weighted by Gasteiger charge is 2.22. The van der Waals surface area contributed by atoms with E-state index in [4.69, 9.17) is 16.1 Å². The number of halogens is 1. The van der Waals surface area contributed by atoms with Crippen molar-refractivity contribution in [1.29, 1.82) is 0 Å². The van der Waals surface area contributed by atoms with Crippen LogP contribution in [-0.4, -0.2) is 21.0 Å². The van der Waals surface area contributed by atoms with Crippen LogP contribution in [0.4, 0.5) is 5.69 Å². The number of nitrogens with one attached hydrogen (secondary N) is 1. The molecule has 0 aliphatic rings. The largest absolute Gasteiger partial charge is 0.359 e. The Balaban J connectivity index is 1.65. The topological polar surface area (TPSA) is 80.9 Å². The summed E-state index contributed by atoms with van der Waals surface area (Å²) in [6, 6.07) is 13.2. The maximum Gasteiger partial charge on any atom is 0.269 e. The summed E-state index contributed by atoms with van der Waals surface area (Å²) < 4.78 is 5.27. The van der Waals surface area contributed by atoms with Gasteiger partial charge in [-0.1, -0.05) is 47.1 Å². The molecule has 0 bridgehead atoms. The third-order valence-electron chi connectivity index (χ3n) is 3.85. The fourth-order valence-corrected chi connectivity index (χ4v) is 3.72. The van der Waals surface area contributed by atoms with Gasteiger partial charge in [0.25, 0.3) is 5.91 Å². The highest BCUT2D eigenvalue weighted by molar-refractivity contribution is 7.17. The number of benzene rings is 1. The molecule has 27 heavy (non-hydrogen) atoms. The molecule has 1 aromatic carbocycles. The minimum Gasteiger partial charge on any atom is -0.359 e. The van der Waals surface area contributed by atoms with E-state index >= 15 is 0 Å². The van der Waals surface area contributed by atoms with Crippen molar-refractivity contribution in [3.05, 3.63) is 70.6 Å². The molecule has 4 aromatic rings. The van der Waals surface area contributed by atoms with E-state index in [-0.39, 0.29) is 11.1 Å². The second-order valence-electron chi connectivity index (χ2n) is 5.66. The number of amides is 1. The molecule has 0 aliphatic heterocycles. The zero-order chi connectivity index (χ0) is 18.8. The third-order valence-corrected chi connectivity index (χ3v) is 5.34. The van der Waals surface area contributed by atoms with Crippen molar-refractivity contribution < 1.29 is 9.32 Å². The Bertz CT molecular complexity index is 1090. The maximum atomic E-state index is 12.8. The molecule has 1 N–H and O–H groups in total. The first kappa shape index (κ1) is 17.4. The van der Waals surface area contributed by atoms with Gasteiger partial charge in [-0.3, -0.25) is 9.78 Å². The van der Waals surface area contributed by atoms with Crippen molar-refractivity contribution in [2.24, 2.45) is 0 Å². The fraction of sp³-hybridized carbons (Fsp3) is 0.0526. The lowest BCUT2D eigenvalue weighted by molar-refractivity contribution is 0.103. The Morgan fingerprint density at radius 3 is 2.67 bits per heavy atom. The highest BCUT2D eigenvalue weighted by atomic mass is 35.5. The summed E-state index contributed by atoms with van der Waals surface area (Å²) in [4.78, 5) is 21.5. The summed E-state index contributed by atoms with van der Waals surface area (Å²) >= 11 is 7.41. The lowest BCUT2D eigenvalue weighted by Gasteiger charge is -2.04. The molecule has 0 saturated carbocycles. The number of hydrogen-bond donors (Lipinski definition) is 1. The molecule has 0 atom stereocenters. The first-order chi connectivity index (χ1) is 13.1. The van der Waals surface area contributed by atoms with Crippen molar-refractivity contribution in [1.82, 2.24) is 15.1 Å². The van der Waals surface area contributed by atoms with E-state index in [1.807, 2.05) is 36.4 Å². The Morgan fingerprint density at radius 1 is 1.15 bits per heavy atom. The van der Waals surface area contributed by atoms with Gasteiger partial charge in [-0.15, -0.1) is 11.3 Å². The molecule has 0 spiro atoms. The lowest BCUT2D eigenvalue weighted by atomic mass is 10.1. The van der Waals surface area contributed by atoms with Crippen LogP contribution >= 0.6 is 22.9 Å². The molecule has 3 aromatic heterocycles. The molecule has 1 amide bonds. The fourth-order valence-electron chi connectivity index (χ4n) is 2.54. The van der Waals surface area contributed by atoms with E-state index in [2.05, 4.69) is 20.4 Å². The summed E-state index contributed by atoms with van der Waals surface area (Å²) in [5, 5.41) is 7.69. The Morgan fingerprint density at radius 2 is 1.93 bits per heavy atom. The predicted molar refractivity (Wildman–Crippen MR) is 105 cm³/mol. The van der Waals surface area contributed by atoms with Crippen LogP contribution in [-0.2, 0) is 0 Å². The van der Waals surface area contributed by atoms with Crippen LogP contribution in [0.3, 0.4) is 0 Å². The second-order valence-corrected chi connectivity index (χ2v) is 7.02. The molecule has 3 heterocycles. The molecular weight excluding hydrogens is 384 g/mol. The average Bonchev–Trinajstić information content (AvgIpc) is 3.26. The summed E-state index contributed by atoms with van der Waals surface area (Å²) in [5.74, 6) is 0.145. The Labute approximate surface area is 163 Å². The molecule has 134 valence electrons. The number of hydrogen-bond acceptors (Lipinski definition) is 6. The maximum absolute atomic E-state index is 12.8. The van der Waals surface area contributed by atoms with E-state index in [1.54, 1.807) is 25.4 Å². The van der Waals surface area contributed by atoms with Gasteiger partial charge < -0.3 is 9.84 Å². The third kappa shape index (κ3) is 3.47. The average molecular weight is 397 g/mol. The number of thiazole rings is 1. The number of rotatable bonds is 4. The Hall–Kier alpha value is -3.03. The van der Waals surface area contributed by atoms with Crippen LogP contribution in [0, 0.1) is 6.92 Å². The van der Waals surface area contributed by atoms with Gasteiger partial charge in [0.15, 0.2) is 10.9 Å². The molecule has 0 unspecified atom stereocenters. The number of nitrogens with zero attached hydrogens (tertiary/aromatic N) is 3. The molecule has 6 nitrogen and oxygen atoms in total. The second kappa shape index (κ2) is 7.30. The van der Waals surface area contributed by atoms with Gasteiger partial charge in [-0.2, -0.15) is 0 Å². The SMILES string of the molecule is Cc1onc(-c2ccccc2)c1NC(=O)c1sc(-c2cccnc2)nc1Cl. The standard InChI is InChI=1S/C19H13ClN4O2S/c1-11-14(15(24-26-11)12-6-3-2-4-7-12)22-18(25)16-17(20)23-19(27-16)13-8-5-9-21-10-13/h2-10H,1H3,(H,22,25). The number of aromatic nitrogens is 3. The molecule has 0 radical (unpaired) electrons. The predicted octanol–water partition coefficient (Wildman–Crippen LogP) is 5.07. The molecule has 4 rings (SSSR count). The van der Waals surface area contributed by atoms with Crippen molar-refractivity contribution in [3.63, 3.8) is 0 Å². The van der Waals surface area contributed by atoms with Crippen LogP contribution in [0.2, 0.25) is 5.15 Å². The molecule has 0 aliphatic carbocycles. The van der Waals surface area contributed by atoms with E-state index in [0.29, 0.717) is 27.0 Å². The summed E-state index contributed by atoms with van der Waals surface area (Å²) in [7, 11) is 0. The van der Waals surface area contributed by atoms with Gasteiger partial charge in [0, 0.05) is 23.5 Å². The van der Waals surface area contributed by atoms with Gasteiger partial charge in [0.2, 0.25) is 0 Å². The normalized spacial score (nSPS) is 10.7. The number of pyridine rings is 1. The summed E-state index contributed by atoms with van der Waals surface area (Å²) in [6.45, 7) is 1.74. The molecule has 8 heteroatoms. The van der Waals surface area contributed by atoms with Crippen molar-refractivity contribution in [3.8, 4) is 21.8 Å². The quantitative estimate of drug-likeness (QED) is 0.520. The molecule has 0 saturated heterocycles. The van der Waals surface area contributed by atoms with Crippen molar-refractivity contribution >= 4 is 34.5 Å². The minimum absolute atomic E-state index is 0.145. The monoisotopic (exact) mass is 396 g/mol. The van der Waals surface area contributed by atoms with Gasteiger partial charge >= 0.3 is 0 Å². The van der Waals surface area contributed by atoms with Crippen molar-refractivity contribution in [2.75, 3.05) is 5.32 Å². The van der Waals surface area contributed by atoms with Crippen LogP contribution in [0.15, 0.2) is 59.4 Å². The van der Waals surface area contributed by atoms with E-state index in [1.165, 1.54) is 11.3 Å². The summed E-state index contributed by atoms with van der Waals surface area (Å²) in [6.07, 6.45) is 3.35. The van der Waals surface area contributed by atoms with Gasteiger partial charge in [-0.05, 0) is 19.1 Å². The van der Waals surface area contributed by atoms with E-state index in [9.17, 15) is 4.79 Å². The summed E-state index contributed by atoms with van der Waals surface area (Å²) in [5.41, 5.74) is 2.72. The van der Waals surface area contributed by atoms with Crippen LogP contribution in [0.25, 0.3) is 21.8 Å². The first-order valence-electron chi connectivity index (χ1n) is 8.03. The molecule has 0 fully saturated rings. The van der Waals surface area contributed by atoms with Crippen LogP contribution in [0.1, 0.15) is 15.4 Å². The van der Waals surface area contributed by atoms with Gasteiger partial charge in [-0.25, -0.2) is 4.98 Å². The van der Waals surface area contributed by atoms with Gasteiger partial charge in [0.1, 0.15) is 21.3 Å². The smallest absolute Gasteiger partial charge is 0.269 e. The molecular formula is C19H13ClN4O2S. The lowest BCUT2D eigenvalue weighted by Crippen LogP contribution is -2.11. The highest BCUT2D eigenvalue weighted by Crippen LogP contribution is 2.34. The number of anilines is 1. The number of carbonyl (C=O) groups is 1.